The van der Waals surface area contributed by atoms with Crippen molar-refractivity contribution >= 4 is 11.0 Å². The normalized spacial score (nSPS) is 13.7. The predicted octanol–water partition coefficient (Wildman–Crippen LogP) is 1.39. The van der Waals surface area contributed by atoms with Crippen LogP contribution in [-0.4, -0.2) is 41.8 Å². The van der Waals surface area contributed by atoms with Crippen LogP contribution in [0.1, 0.15) is 5.82 Å². The first-order chi connectivity index (χ1) is 9.69. The second-order valence-corrected chi connectivity index (χ2v) is 4.99. The van der Waals surface area contributed by atoms with Crippen molar-refractivity contribution in [1.82, 2.24) is 14.5 Å². The highest BCUT2D eigenvalue weighted by Gasteiger charge is 2.18. The van der Waals surface area contributed by atoms with Crippen LogP contribution in [0.3, 0.4) is 0 Å². The number of rotatable bonds is 3. The van der Waals surface area contributed by atoms with Gasteiger partial charge in [0.05, 0.1) is 23.6 Å². The zero-order valence-corrected chi connectivity index (χ0v) is 11.6. The molecular formula is C14H16N4O2. The van der Waals surface area contributed by atoms with Gasteiger partial charge >= 0.3 is 0 Å². The van der Waals surface area contributed by atoms with Crippen molar-refractivity contribution in [2.45, 2.75) is 13.1 Å². The summed E-state index contributed by atoms with van der Waals surface area (Å²) in [5, 5.41) is 9.03. The second kappa shape index (κ2) is 5.02. The van der Waals surface area contributed by atoms with E-state index < -0.39 is 0 Å². The fourth-order valence-corrected chi connectivity index (χ4v) is 2.36. The van der Waals surface area contributed by atoms with Gasteiger partial charge in [0, 0.05) is 12.1 Å². The molecule has 0 aliphatic carbocycles. The molecule has 1 aromatic heterocycles. The third-order valence-corrected chi connectivity index (χ3v) is 3.18. The van der Waals surface area contributed by atoms with Crippen LogP contribution >= 0.6 is 0 Å². The van der Waals surface area contributed by atoms with E-state index in [2.05, 4.69) is 11.1 Å². The van der Waals surface area contributed by atoms with Gasteiger partial charge in [0.15, 0.2) is 11.5 Å². The summed E-state index contributed by atoms with van der Waals surface area (Å²) in [6.07, 6.45) is 0. The van der Waals surface area contributed by atoms with E-state index >= 15 is 0 Å². The Morgan fingerprint density at radius 2 is 2.00 bits per heavy atom. The van der Waals surface area contributed by atoms with E-state index in [1.807, 2.05) is 35.7 Å². The Morgan fingerprint density at radius 1 is 1.30 bits per heavy atom. The zero-order valence-electron chi connectivity index (χ0n) is 11.6. The Balaban J connectivity index is 2.15. The quantitative estimate of drug-likeness (QED) is 0.845. The Hall–Kier alpha value is -2.26. The van der Waals surface area contributed by atoms with Gasteiger partial charge in [-0.15, -0.1) is 0 Å². The van der Waals surface area contributed by atoms with Gasteiger partial charge in [0.2, 0.25) is 0 Å². The van der Waals surface area contributed by atoms with Crippen LogP contribution in [-0.2, 0) is 13.1 Å². The molecule has 1 aliphatic rings. The van der Waals surface area contributed by atoms with Gasteiger partial charge in [-0.3, -0.25) is 0 Å². The van der Waals surface area contributed by atoms with Crippen LogP contribution in [0.5, 0.6) is 11.5 Å². The number of nitrogens with zero attached hydrogens (tertiary/aromatic N) is 4. The van der Waals surface area contributed by atoms with E-state index in [9.17, 15) is 0 Å². The van der Waals surface area contributed by atoms with Crippen molar-refractivity contribution < 1.29 is 9.47 Å². The highest BCUT2D eigenvalue weighted by molar-refractivity contribution is 5.81. The lowest BCUT2D eigenvalue weighted by atomic mass is 10.2. The SMILES string of the molecule is CN(C)Cc1nc2cc3c(cc2n1CC#N)OCCO3. The number of imidazole rings is 1. The van der Waals surface area contributed by atoms with Crippen LogP contribution in [0.15, 0.2) is 12.1 Å². The van der Waals surface area contributed by atoms with Crippen molar-refractivity contribution in [1.29, 1.82) is 5.26 Å². The number of hydrogen-bond donors (Lipinski definition) is 0. The first-order valence-corrected chi connectivity index (χ1v) is 6.49. The van der Waals surface area contributed by atoms with Gasteiger partial charge in [-0.1, -0.05) is 0 Å². The summed E-state index contributed by atoms with van der Waals surface area (Å²) in [6.45, 7) is 2.07. The van der Waals surface area contributed by atoms with Crippen LogP contribution in [0.2, 0.25) is 0 Å². The molecule has 0 atom stereocenters. The van der Waals surface area contributed by atoms with Crippen molar-refractivity contribution in [2.75, 3.05) is 27.3 Å². The molecule has 0 radical (unpaired) electrons. The smallest absolute Gasteiger partial charge is 0.163 e. The average Bonchev–Trinajstić information content (AvgIpc) is 2.73. The maximum absolute atomic E-state index is 9.03. The maximum atomic E-state index is 9.03. The number of fused-ring (bicyclic) bond motifs is 2. The summed E-state index contributed by atoms with van der Waals surface area (Å²) in [5.41, 5.74) is 1.74. The monoisotopic (exact) mass is 272 g/mol. The molecule has 0 saturated carbocycles. The molecule has 2 aromatic rings. The lowest BCUT2D eigenvalue weighted by Crippen LogP contribution is -2.16. The fraction of sp³-hybridized carbons (Fsp3) is 0.429. The third-order valence-electron chi connectivity index (χ3n) is 3.18. The van der Waals surface area contributed by atoms with Gasteiger partial charge in [-0.25, -0.2) is 4.98 Å². The molecule has 0 spiro atoms. The summed E-state index contributed by atoms with van der Waals surface area (Å²) in [4.78, 5) is 6.64. The Kier molecular flexibility index (Phi) is 3.20. The Bertz CT molecular complexity index is 685. The number of benzene rings is 1. The highest BCUT2D eigenvalue weighted by Crippen LogP contribution is 2.34. The summed E-state index contributed by atoms with van der Waals surface area (Å²) >= 11 is 0. The van der Waals surface area contributed by atoms with Gasteiger partial charge < -0.3 is 18.9 Å². The summed E-state index contributed by atoms with van der Waals surface area (Å²) in [6, 6.07) is 5.98. The first-order valence-electron chi connectivity index (χ1n) is 6.49. The Labute approximate surface area is 117 Å². The van der Waals surface area contributed by atoms with Crippen LogP contribution in [0.4, 0.5) is 0 Å². The number of nitriles is 1. The summed E-state index contributed by atoms with van der Waals surface area (Å²) in [5.74, 6) is 2.31. The standard InChI is InChI=1S/C14H16N4O2/c1-17(2)9-14-16-10-7-12-13(20-6-5-19-12)8-11(10)18(14)4-3-15/h7-8H,4-6,9H2,1-2H3. The third kappa shape index (κ3) is 2.17. The van der Waals surface area contributed by atoms with Crippen LogP contribution in [0.25, 0.3) is 11.0 Å². The lowest BCUT2D eigenvalue weighted by Gasteiger charge is -2.18. The molecule has 3 rings (SSSR count). The van der Waals surface area contributed by atoms with E-state index in [0.717, 1.165) is 28.4 Å². The van der Waals surface area contributed by atoms with E-state index in [4.69, 9.17) is 14.7 Å². The largest absolute Gasteiger partial charge is 0.486 e. The molecule has 2 heterocycles. The minimum absolute atomic E-state index is 0.277. The zero-order chi connectivity index (χ0) is 14.1. The van der Waals surface area contributed by atoms with Gasteiger partial charge in [0.1, 0.15) is 25.6 Å². The molecule has 1 aliphatic heterocycles. The fourth-order valence-electron chi connectivity index (χ4n) is 2.36. The molecule has 0 saturated heterocycles. The molecule has 6 nitrogen and oxygen atoms in total. The van der Waals surface area contributed by atoms with E-state index in [-0.39, 0.29) is 6.54 Å². The molecule has 104 valence electrons. The van der Waals surface area contributed by atoms with Crippen molar-refractivity contribution in [2.24, 2.45) is 0 Å². The molecule has 0 fully saturated rings. The summed E-state index contributed by atoms with van der Waals surface area (Å²) in [7, 11) is 3.96. The molecule has 0 unspecified atom stereocenters. The highest BCUT2D eigenvalue weighted by atomic mass is 16.6. The molecule has 1 aromatic carbocycles. The van der Waals surface area contributed by atoms with Crippen molar-refractivity contribution in [3.8, 4) is 17.6 Å². The predicted molar refractivity (Wildman–Crippen MR) is 73.7 cm³/mol. The molecule has 0 bridgehead atoms. The van der Waals surface area contributed by atoms with Crippen molar-refractivity contribution in [3.05, 3.63) is 18.0 Å². The number of hydrogen-bond acceptors (Lipinski definition) is 5. The van der Waals surface area contributed by atoms with Crippen molar-refractivity contribution in [3.63, 3.8) is 0 Å². The molecular weight excluding hydrogens is 256 g/mol. The molecule has 6 heteroatoms. The molecule has 0 amide bonds. The minimum Gasteiger partial charge on any atom is -0.486 e. The minimum atomic E-state index is 0.277. The van der Waals surface area contributed by atoms with E-state index in [0.29, 0.717) is 19.8 Å². The second-order valence-electron chi connectivity index (χ2n) is 4.99. The van der Waals surface area contributed by atoms with Gasteiger partial charge in [-0.05, 0) is 14.1 Å². The average molecular weight is 272 g/mol. The van der Waals surface area contributed by atoms with Gasteiger partial charge in [-0.2, -0.15) is 5.26 Å². The van der Waals surface area contributed by atoms with Gasteiger partial charge in [0.25, 0.3) is 0 Å². The summed E-state index contributed by atoms with van der Waals surface area (Å²) < 4.78 is 13.1. The Morgan fingerprint density at radius 3 is 2.65 bits per heavy atom. The topological polar surface area (TPSA) is 63.3 Å². The van der Waals surface area contributed by atoms with E-state index in [1.165, 1.54) is 0 Å². The lowest BCUT2D eigenvalue weighted by molar-refractivity contribution is 0.172. The number of aromatic nitrogens is 2. The van der Waals surface area contributed by atoms with Crippen LogP contribution < -0.4 is 9.47 Å². The molecule has 0 N–H and O–H groups in total. The number of ether oxygens (including phenoxy) is 2. The van der Waals surface area contributed by atoms with E-state index in [1.54, 1.807) is 0 Å². The first kappa shape index (κ1) is 12.8. The molecule has 20 heavy (non-hydrogen) atoms. The van der Waals surface area contributed by atoms with Crippen LogP contribution in [0, 0.1) is 11.3 Å². The maximum Gasteiger partial charge on any atom is 0.163 e.